The smallest absolute Gasteiger partial charge is 0.160 e. The highest BCUT2D eigenvalue weighted by molar-refractivity contribution is 6.31. The molecule has 0 saturated carbocycles. The van der Waals surface area contributed by atoms with Gasteiger partial charge in [0.2, 0.25) is 0 Å². The predicted molar refractivity (Wildman–Crippen MR) is 68.8 cm³/mol. The molecule has 1 aromatic rings. The SMILES string of the molecule is CCC(=CC(=O)Cc1cc(F)ccc1Cl)CC. The third-order valence-corrected chi connectivity index (χ3v) is 3.01. The number of carbonyl (C=O) groups excluding carboxylic acids is 1. The maximum absolute atomic E-state index is 13.0. The summed E-state index contributed by atoms with van der Waals surface area (Å²) in [5, 5.41) is 0.433. The lowest BCUT2D eigenvalue weighted by molar-refractivity contribution is -0.114. The molecule has 0 aromatic heterocycles. The zero-order valence-corrected chi connectivity index (χ0v) is 10.9. The summed E-state index contributed by atoms with van der Waals surface area (Å²) in [6.07, 6.45) is 3.51. The average molecular weight is 255 g/mol. The maximum Gasteiger partial charge on any atom is 0.160 e. The molecule has 1 aromatic carbocycles. The van der Waals surface area contributed by atoms with Gasteiger partial charge >= 0.3 is 0 Å². The van der Waals surface area contributed by atoms with E-state index in [0.717, 1.165) is 18.4 Å². The number of hydrogen-bond acceptors (Lipinski definition) is 1. The summed E-state index contributed by atoms with van der Waals surface area (Å²) in [6, 6.07) is 4.07. The Morgan fingerprint density at radius 1 is 1.35 bits per heavy atom. The number of carbonyl (C=O) groups is 1. The van der Waals surface area contributed by atoms with Crippen LogP contribution in [0.25, 0.3) is 0 Å². The van der Waals surface area contributed by atoms with Gasteiger partial charge < -0.3 is 0 Å². The summed E-state index contributed by atoms with van der Waals surface area (Å²) in [7, 11) is 0. The van der Waals surface area contributed by atoms with Crippen LogP contribution in [0, 0.1) is 5.82 Å². The van der Waals surface area contributed by atoms with Crippen molar-refractivity contribution in [3.05, 3.63) is 46.3 Å². The van der Waals surface area contributed by atoms with Crippen LogP contribution in [0.4, 0.5) is 4.39 Å². The van der Waals surface area contributed by atoms with Gasteiger partial charge in [-0.3, -0.25) is 4.79 Å². The van der Waals surface area contributed by atoms with Gasteiger partial charge in [-0.15, -0.1) is 0 Å². The van der Waals surface area contributed by atoms with Crippen molar-refractivity contribution < 1.29 is 9.18 Å². The second-order valence-electron chi connectivity index (χ2n) is 3.89. The van der Waals surface area contributed by atoms with Crippen molar-refractivity contribution in [3.63, 3.8) is 0 Å². The molecule has 0 atom stereocenters. The number of ketones is 1. The van der Waals surface area contributed by atoms with E-state index in [1.165, 1.54) is 18.2 Å². The van der Waals surface area contributed by atoms with E-state index in [4.69, 9.17) is 11.6 Å². The molecule has 0 bridgehead atoms. The van der Waals surface area contributed by atoms with Crippen LogP contribution in [-0.4, -0.2) is 5.78 Å². The normalized spacial score (nSPS) is 10.1. The van der Waals surface area contributed by atoms with Gasteiger partial charge in [-0.05, 0) is 42.7 Å². The monoisotopic (exact) mass is 254 g/mol. The molecule has 0 heterocycles. The van der Waals surface area contributed by atoms with E-state index in [0.29, 0.717) is 10.6 Å². The molecule has 92 valence electrons. The van der Waals surface area contributed by atoms with Crippen molar-refractivity contribution in [2.75, 3.05) is 0 Å². The second-order valence-corrected chi connectivity index (χ2v) is 4.30. The van der Waals surface area contributed by atoms with E-state index in [1.54, 1.807) is 6.08 Å². The fourth-order valence-electron chi connectivity index (χ4n) is 1.60. The van der Waals surface area contributed by atoms with Crippen LogP contribution in [0.1, 0.15) is 32.3 Å². The highest BCUT2D eigenvalue weighted by Crippen LogP contribution is 2.18. The predicted octanol–water partition coefficient (Wildman–Crippen LogP) is 4.34. The highest BCUT2D eigenvalue weighted by Gasteiger charge is 2.07. The Labute approximate surface area is 106 Å². The molecular weight excluding hydrogens is 239 g/mol. The highest BCUT2D eigenvalue weighted by atomic mass is 35.5. The van der Waals surface area contributed by atoms with E-state index < -0.39 is 0 Å². The fraction of sp³-hybridized carbons (Fsp3) is 0.357. The molecule has 17 heavy (non-hydrogen) atoms. The first kappa shape index (κ1) is 13.9. The van der Waals surface area contributed by atoms with Crippen molar-refractivity contribution in [3.8, 4) is 0 Å². The lowest BCUT2D eigenvalue weighted by Crippen LogP contribution is -2.01. The Kier molecular flexibility index (Phi) is 5.36. The summed E-state index contributed by atoms with van der Waals surface area (Å²) in [5.74, 6) is -0.399. The maximum atomic E-state index is 13.0. The number of halogens is 2. The number of rotatable bonds is 5. The van der Waals surface area contributed by atoms with E-state index in [-0.39, 0.29) is 18.0 Å². The first-order valence-corrected chi connectivity index (χ1v) is 6.10. The minimum atomic E-state index is -0.368. The van der Waals surface area contributed by atoms with Gasteiger partial charge in [0.1, 0.15) is 5.82 Å². The molecule has 0 unspecified atom stereocenters. The molecular formula is C14H16ClFO. The van der Waals surface area contributed by atoms with Gasteiger partial charge in [0.05, 0.1) is 0 Å². The molecule has 1 rings (SSSR count). The first-order valence-electron chi connectivity index (χ1n) is 5.73. The largest absolute Gasteiger partial charge is 0.294 e. The van der Waals surface area contributed by atoms with Crippen molar-refractivity contribution in [2.24, 2.45) is 0 Å². The van der Waals surface area contributed by atoms with Gasteiger partial charge in [0.15, 0.2) is 5.78 Å². The Morgan fingerprint density at radius 2 is 2.00 bits per heavy atom. The van der Waals surface area contributed by atoms with Gasteiger partial charge in [0, 0.05) is 11.4 Å². The van der Waals surface area contributed by atoms with Crippen LogP contribution in [0.15, 0.2) is 29.8 Å². The Balaban J connectivity index is 2.81. The van der Waals surface area contributed by atoms with Crippen LogP contribution in [0.2, 0.25) is 5.02 Å². The van der Waals surface area contributed by atoms with Crippen LogP contribution in [-0.2, 0) is 11.2 Å². The topological polar surface area (TPSA) is 17.1 Å². The first-order chi connectivity index (χ1) is 8.06. The Hall–Kier alpha value is -1.15. The van der Waals surface area contributed by atoms with Gasteiger partial charge in [-0.25, -0.2) is 4.39 Å². The zero-order chi connectivity index (χ0) is 12.8. The number of benzene rings is 1. The summed E-state index contributed by atoms with van der Waals surface area (Å²) in [6.45, 7) is 4.02. The van der Waals surface area contributed by atoms with E-state index in [1.807, 2.05) is 13.8 Å². The zero-order valence-electron chi connectivity index (χ0n) is 10.1. The standard InChI is InChI=1S/C14H16ClFO/c1-3-10(4-2)7-13(17)9-11-8-12(16)5-6-14(11)15/h5-8H,3-4,9H2,1-2H3. The lowest BCUT2D eigenvalue weighted by atomic mass is 10.0. The van der Waals surface area contributed by atoms with Crippen molar-refractivity contribution in [1.82, 2.24) is 0 Å². The van der Waals surface area contributed by atoms with Crippen LogP contribution < -0.4 is 0 Å². The minimum Gasteiger partial charge on any atom is -0.294 e. The third kappa shape index (κ3) is 4.31. The van der Waals surface area contributed by atoms with Gasteiger partial charge in [0.25, 0.3) is 0 Å². The van der Waals surface area contributed by atoms with Crippen molar-refractivity contribution in [2.45, 2.75) is 33.1 Å². The second kappa shape index (κ2) is 6.55. The van der Waals surface area contributed by atoms with Crippen molar-refractivity contribution in [1.29, 1.82) is 0 Å². The Bertz CT molecular complexity index is 432. The Morgan fingerprint density at radius 3 is 2.59 bits per heavy atom. The molecule has 0 aliphatic carbocycles. The molecule has 0 aliphatic heterocycles. The minimum absolute atomic E-state index is 0.0313. The fourth-order valence-corrected chi connectivity index (χ4v) is 1.78. The summed E-state index contributed by atoms with van der Waals surface area (Å²) < 4.78 is 13.0. The number of allylic oxidation sites excluding steroid dienone is 2. The van der Waals surface area contributed by atoms with Crippen LogP contribution in [0.3, 0.4) is 0 Å². The number of hydrogen-bond donors (Lipinski definition) is 0. The molecule has 3 heteroatoms. The quantitative estimate of drug-likeness (QED) is 0.715. The molecule has 1 nitrogen and oxygen atoms in total. The molecule has 0 aliphatic rings. The lowest BCUT2D eigenvalue weighted by Gasteiger charge is -2.03. The summed E-state index contributed by atoms with van der Waals surface area (Å²) in [4.78, 5) is 11.7. The van der Waals surface area contributed by atoms with Crippen molar-refractivity contribution >= 4 is 17.4 Å². The third-order valence-electron chi connectivity index (χ3n) is 2.65. The van der Waals surface area contributed by atoms with Gasteiger partial charge in [-0.2, -0.15) is 0 Å². The average Bonchev–Trinajstić information content (AvgIpc) is 2.31. The molecule has 0 N–H and O–H groups in total. The van der Waals surface area contributed by atoms with Crippen LogP contribution in [0.5, 0.6) is 0 Å². The molecule has 0 radical (unpaired) electrons. The van der Waals surface area contributed by atoms with Gasteiger partial charge in [-0.1, -0.05) is 31.0 Å². The van der Waals surface area contributed by atoms with E-state index >= 15 is 0 Å². The summed E-state index contributed by atoms with van der Waals surface area (Å²) >= 11 is 5.91. The van der Waals surface area contributed by atoms with E-state index in [9.17, 15) is 9.18 Å². The molecule has 0 spiro atoms. The molecule has 0 fully saturated rings. The van der Waals surface area contributed by atoms with Crippen LogP contribution >= 0.6 is 11.6 Å². The van der Waals surface area contributed by atoms with E-state index in [2.05, 4.69) is 0 Å². The molecule has 0 amide bonds. The molecule has 0 saturated heterocycles. The summed E-state index contributed by atoms with van der Waals surface area (Å²) in [5.41, 5.74) is 1.64.